The summed E-state index contributed by atoms with van der Waals surface area (Å²) in [6.45, 7) is 1.88. The minimum atomic E-state index is -4.53. The summed E-state index contributed by atoms with van der Waals surface area (Å²) >= 11 is 0. The summed E-state index contributed by atoms with van der Waals surface area (Å²) in [4.78, 5) is 12.4. The lowest BCUT2D eigenvalue weighted by Crippen LogP contribution is -2.07. The van der Waals surface area contributed by atoms with Gasteiger partial charge in [0.25, 0.3) is 0 Å². The Bertz CT molecular complexity index is 1300. The first-order valence-electron chi connectivity index (χ1n) is 9.11. The Morgan fingerprint density at radius 2 is 1.87 bits per heavy atom. The Balaban J connectivity index is 1.76. The molecule has 0 saturated carbocycles. The first-order valence-corrected chi connectivity index (χ1v) is 9.11. The van der Waals surface area contributed by atoms with Crippen molar-refractivity contribution < 1.29 is 13.2 Å². The van der Waals surface area contributed by atoms with E-state index in [-0.39, 0.29) is 5.52 Å². The van der Waals surface area contributed by atoms with Crippen LogP contribution in [0.15, 0.2) is 48.8 Å². The molecule has 0 fully saturated rings. The molecule has 0 amide bonds. The maximum absolute atomic E-state index is 13.0. The van der Waals surface area contributed by atoms with Crippen LogP contribution in [0.2, 0.25) is 0 Å². The molecule has 4 aromatic rings. The number of aryl methyl sites for hydroxylation is 2. The first-order chi connectivity index (χ1) is 14.3. The molecule has 0 aliphatic rings. The second-order valence-electron chi connectivity index (χ2n) is 6.98. The molecule has 150 valence electrons. The Morgan fingerprint density at radius 3 is 2.57 bits per heavy atom. The Hall–Kier alpha value is -3.73. The molecular weight excluding hydrogens is 391 g/mol. The summed E-state index contributed by atoms with van der Waals surface area (Å²) in [5, 5.41) is 8.90. The van der Waals surface area contributed by atoms with E-state index in [1.807, 2.05) is 37.3 Å². The van der Waals surface area contributed by atoms with Crippen molar-refractivity contribution in [1.82, 2.24) is 19.5 Å². The van der Waals surface area contributed by atoms with Crippen molar-refractivity contribution in [2.24, 2.45) is 7.05 Å². The lowest BCUT2D eigenvalue weighted by atomic mass is 10.0. The number of hydrogen-bond acceptors (Lipinski definition) is 4. The number of aromatic nitrogens is 4. The van der Waals surface area contributed by atoms with Crippen LogP contribution in [-0.2, 0) is 19.6 Å². The van der Waals surface area contributed by atoms with Crippen LogP contribution in [0.5, 0.6) is 0 Å². The topological polar surface area (TPSA) is 67.4 Å². The smallest absolute Gasteiger partial charge is 0.325 e. The number of nitrogens with zero attached hydrogens (tertiary/aromatic N) is 5. The molecule has 0 unspecified atom stereocenters. The molecule has 4 rings (SSSR count). The lowest BCUT2D eigenvalue weighted by Gasteiger charge is -2.09. The van der Waals surface area contributed by atoms with Crippen molar-refractivity contribution in [3.63, 3.8) is 0 Å². The Morgan fingerprint density at radius 1 is 1.07 bits per heavy atom. The van der Waals surface area contributed by atoms with Crippen LogP contribution < -0.4 is 0 Å². The minimum absolute atomic E-state index is 0.212. The molecular formula is C22H16F3N5. The molecule has 0 N–H and O–H groups in total. The van der Waals surface area contributed by atoms with Gasteiger partial charge in [-0.2, -0.15) is 18.4 Å². The van der Waals surface area contributed by atoms with Gasteiger partial charge in [0.1, 0.15) is 11.4 Å². The number of alkyl halides is 3. The van der Waals surface area contributed by atoms with E-state index in [0.717, 1.165) is 28.3 Å². The normalized spacial score (nSPS) is 11.6. The lowest BCUT2D eigenvalue weighted by molar-refractivity contribution is -0.141. The zero-order valence-electron chi connectivity index (χ0n) is 16.2. The fourth-order valence-electron chi connectivity index (χ4n) is 3.37. The maximum Gasteiger partial charge on any atom is 0.433 e. The summed E-state index contributed by atoms with van der Waals surface area (Å²) in [6.07, 6.45) is -1.32. The van der Waals surface area contributed by atoms with E-state index < -0.39 is 11.9 Å². The third kappa shape index (κ3) is 3.50. The van der Waals surface area contributed by atoms with Crippen molar-refractivity contribution >= 4 is 11.0 Å². The number of imidazole rings is 1. The van der Waals surface area contributed by atoms with Gasteiger partial charge in [-0.25, -0.2) is 9.97 Å². The van der Waals surface area contributed by atoms with E-state index in [0.29, 0.717) is 23.5 Å². The average Bonchev–Trinajstić information content (AvgIpc) is 3.03. The quantitative estimate of drug-likeness (QED) is 0.474. The van der Waals surface area contributed by atoms with Crippen LogP contribution >= 0.6 is 0 Å². The number of halogens is 3. The number of rotatable bonds is 3. The van der Waals surface area contributed by atoms with E-state index in [9.17, 15) is 13.2 Å². The molecule has 0 atom stereocenters. The minimum Gasteiger partial charge on any atom is -0.325 e. The number of benzene rings is 1. The highest BCUT2D eigenvalue weighted by Gasteiger charge is 2.33. The van der Waals surface area contributed by atoms with E-state index in [1.165, 1.54) is 6.20 Å². The van der Waals surface area contributed by atoms with Crippen LogP contribution in [0.3, 0.4) is 0 Å². The molecule has 5 nitrogen and oxygen atoms in total. The van der Waals surface area contributed by atoms with Crippen LogP contribution in [-0.4, -0.2) is 19.5 Å². The largest absolute Gasteiger partial charge is 0.433 e. The molecule has 3 heterocycles. The second kappa shape index (κ2) is 7.26. The predicted molar refractivity (Wildman–Crippen MR) is 106 cm³/mol. The fourth-order valence-corrected chi connectivity index (χ4v) is 3.37. The number of hydrogen-bond donors (Lipinski definition) is 0. The van der Waals surface area contributed by atoms with Gasteiger partial charge in [-0.05, 0) is 35.7 Å². The number of pyridine rings is 2. The van der Waals surface area contributed by atoms with Crippen LogP contribution in [0.4, 0.5) is 13.2 Å². The zero-order chi connectivity index (χ0) is 21.5. The molecule has 0 bridgehead atoms. The molecule has 3 aromatic heterocycles. The standard InChI is InChI=1S/C22H16F3N5/c1-13-8-16(15-5-3-4-14(9-15)6-7-26)11-28-20(13)21-29-17-10-19(22(23,24)25)27-12-18(17)30(21)2/h3-5,8-12H,6H2,1-2H3. The van der Waals surface area contributed by atoms with Gasteiger partial charge in [0.2, 0.25) is 0 Å². The summed E-state index contributed by atoms with van der Waals surface area (Å²) < 4.78 is 40.6. The monoisotopic (exact) mass is 407 g/mol. The van der Waals surface area contributed by atoms with Crippen LogP contribution in [0, 0.1) is 18.3 Å². The molecule has 30 heavy (non-hydrogen) atoms. The highest BCUT2D eigenvalue weighted by Crippen LogP contribution is 2.32. The van der Waals surface area contributed by atoms with Gasteiger partial charge in [-0.3, -0.25) is 4.98 Å². The van der Waals surface area contributed by atoms with Gasteiger partial charge >= 0.3 is 6.18 Å². The van der Waals surface area contributed by atoms with Crippen molar-refractivity contribution in [3.8, 4) is 28.7 Å². The van der Waals surface area contributed by atoms with Crippen LogP contribution in [0.25, 0.3) is 33.7 Å². The van der Waals surface area contributed by atoms with Crippen LogP contribution in [0.1, 0.15) is 16.8 Å². The predicted octanol–water partition coefficient (Wildman–Crippen LogP) is 5.09. The van der Waals surface area contributed by atoms with E-state index in [2.05, 4.69) is 21.0 Å². The molecule has 1 aromatic carbocycles. The van der Waals surface area contributed by atoms with Gasteiger partial charge in [0.15, 0.2) is 5.82 Å². The van der Waals surface area contributed by atoms with Crippen molar-refractivity contribution in [1.29, 1.82) is 5.26 Å². The molecule has 8 heteroatoms. The van der Waals surface area contributed by atoms with E-state index in [1.54, 1.807) is 17.8 Å². The van der Waals surface area contributed by atoms with Gasteiger partial charge in [-0.15, -0.1) is 0 Å². The highest BCUT2D eigenvalue weighted by atomic mass is 19.4. The van der Waals surface area contributed by atoms with E-state index in [4.69, 9.17) is 5.26 Å². The summed E-state index contributed by atoms with van der Waals surface area (Å²) in [5.41, 5.74) is 3.89. The summed E-state index contributed by atoms with van der Waals surface area (Å²) in [7, 11) is 1.72. The van der Waals surface area contributed by atoms with Gasteiger partial charge in [0.05, 0.1) is 29.7 Å². The van der Waals surface area contributed by atoms with Gasteiger partial charge < -0.3 is 4.57 Å². The Labute approximate surface area is 170 Å². The third-order valence-electron chi connectivity index (χ3n) is 4.89. The molecule has 0 aliphatic heterocycles. The average molecular weight is 407 g/mol. The molecule has 0 spiro atoms. The second-order valence-corrected chi connectivity index (χ2v) is 6.98. The third-order valence-corrected chi connectivity index (χ3v) is 4.89. The number of nitriles is 1. The fraction of sp³-hybridized carbons (Fsp3) is 0.182. The van der Waals surface area contributed by atoms with Gasteiger partial charge in [-0.1, -0.05) is 24.3 Å². The zero-order valence-corrected chi connectivity index (χ0v) is 16.2. The number of fused-ring (bicyclic) bond motifs is 1. The maximum atomic E-state index is 13.0. The SMILES string of the molecule is Cc1cc(-c2cccc(CC#N)c2)cnc1-c1nc2cc(C(F)(F)F)ncc2n1C. The van der Waals surface area contributed by atoms with Crippen molar-refractivity contribution in [3.05, 3.63) is 65.6 Å². The van der Waals surface area contributed by atoms with E-state index >= 15 is 0 Å². The van der Waals surface area contributed by atoms with Crippen molar-refractivity contribution in [2.45, 2.75) is 19.5 Å². The molecule has 0 radical (unpaired) electrons. The first kappa shape index (κ1) is 19.6. The molecule has 0 saturated heterocycles. The van der Waals surface area contributed by atoms with Gasteiger partial charge in [0, 0.05) is 18.8 Å². The highest BCUT2D eigenvalue weighted by molar-refractivity contribution is 5.80. The molecule has 0 aliphatic carbocycles. The summed E-state index contributed by atoms with van der Waals surface area (Å²) in [5.74, 6) is 0.466. The summed E-state index contributed by atoms with van der Waals surface area (Å²) in [6, 6.07) is 12.7. The Kier molecular flexibility index (Phi) is 4.74. The van der Waals surface area contributed by atoms with Crippen molar-refractivity contribution in [2.75, 3.05) is 0 Å².